The van der Waals surface area contributed by atoms with E-state index in [4.69, 9.17) is 0 Å². The van der Waals surface area contributed by atoms with Gasteiger partial charge in [-0.05, 0) is 30.2 Å². The van der Waals surface area contributed by atoms with Gasteiger partial charge in [-0.25, -0.2) is 14.6 Å². The van der Waals surface area contributed by atoms with Crippen LogP contribution in [0.15, 0.2) is 84.6 Å². The molecule has 0 aliphatic rings. The molecule has 2 aromatic carbocycles. The molecule has 0 radical (unpaired) electrons. The number of benzene rings is 2. The van der Waals surface area contributed by atoms with Crippen LogP contribution in [-0.2, 0) is 19.6 Å². The van der Waals surface area contributed by atoms with Gasteiger partial charge in [0.2, 0.25) is 0 Å². The summed E-state index contributed by atoms with van der Waals surface area (Å²) in [6.07, 6.45) is 8.48. The minimum Gasteiger partial charge on any atom is -0.350 e. The lowest BCUT2D eigenvalue weighted by atomic mass is 10.1. The van der Waals surface area contributed by atoms with Gasteiger partial charge < -0.3 is 9.88 Å². The van der Waals surface area contributed by atoms with Crippen molar-refractivity contribution in [2.75, 3.05) is 6.54 Å². The minimum absolute atomic E-state index is 0.137. The fourth-order valence-electron chi connectivity index (χ4n) is 3.89. The third kappa shape index (κ3) is 5.03. The average Bonchev–Trinajstić information content (AvgIpc) is 3.53. The van der Waals surface area contributed by atoms with E-state index < -0.39 is 0 Å². The molecule has 9 heteroatoms. The normalized spacial score (nSPS) is 11.1. The van der Waals surface area contributed by atoms with Crippen LogP contribution < -0.4 is 10.9 Å². The number of aromatic nitrogens is 6. The molecule has 3 aromatic heterocycles. The maximum Gasteiger partial charge on any atom is 0.264 e. The van der Waals surface area contributed by atoms with Crippen molar-refractivity contribution in [2.24, 2.45) is 0 Å². The zero-order valence-electron chi connectivity index (χ0n) is 19.3. The van der Waals surface area contributed by atoms with Crippen molar-refractivity contribution in [3.05, 3.63) is 112 Å². The molecule has 5 aromatic rings. The molecule has 3 heterocycles. The number of amides is 1. The Morgan fingerprint density at radius 2 is 1.71 bits per heavy atom. The zero-order chi connectivity index (χ0) is 24.2. The van der Waals surface area contributed by atoms with Crippen molar-refractivity contribution in [1.29, 1.82) is 0 Å². The zero-order valence-corrected chi connectivity index (χ0v) is 19.3. The second-order valence-corrected chi connectivity index (χ2v) is 8.46. The lowest BCUT2D eigenvalue weighted by Crippen LogP contribution is -2.27. The molecule has 0 fully saturated rings. The molecule has 1 amide bonds. The number of nitrogens with one attached hydrogen (secondary N) is 1. The van der Waals surface area contributed by atoms with E-state index >= 15 is 0 Å². The number of aryl methyl sites for hydroxylation is 1. The van der Waals surface area contributed by atoms with Crippen molar-refractivity contribution in [3.8, 4) is 0 Å². The standard InChI is InChI=1S/C26H25N7O2/c1-19-2-4-21(5-3-19)16-32-18-29-24-23(26(32)35)14-30-33(24)13-11-28-25(34)22-8-6-20(7-9-22)15-31-12-10-27-17-31/h2-10,12,14,17-18H,11,13,15-16H2,1H3,(H,28,34). The quantitative estimate of drug-likeness (QED) is 0.378. The lowest BCUT2D eigenvalue weighted by molar-refractivity contribution is 0.0952. The summed E-state index contributed by atoms with van der Waals surface area (Å²) in [5.74, 6) is -0.163. The number of carbonyl (C=O) groups is 1. The Kier molecular flexibility index (Phi) is 6.21. The number of imidazole rings is 1. The van der Waals surface area contributed by atoms with Crippen LogP contribution in [0.3, 0.4) is 0 Å². The van der Waals surface area contributed by atoms with Crippen LogP contribution in [0.1, 0.15) is 27.0 Å². The first kappa shape index (κ1) is 22.3. The third-order valence-electron chi connectivity index (χ3n) is 5.85. The van der Waals surface area contributed by atoms with Crippen LogP contribution in [0.4, 0.5) is 0 Å². The van der Waals surface area contributed by atoms with Gasteiger partial charge in [0, 0.05) is 31.0 Å². The second kappa shape index (κ2) is 9.76. The van der Waals surface area contributed by atoms with E-state index in [9.17, 15) is 9.59 Å². The fourth-order valence-corrected chi connectivity index (χ4v) is 3.89. The Morgan fingerprint density at radius 3 is 2.46 bits per heavy atom. The number of hydrogen-bond acceptors (Lipinski definition) is 5. The predicted molar refractivity (Wildman–Crippen MR) is 132 cm³/mol. The highest BCUT2D eigenvalue weighted by Gasteiger charge is 2.11. The van der Waals surface area contributed by atoms with E-state index in [0.717, 1.165) is 11.1 Å². The molecule has 0 unspecified atom stereocenters. The summed E-state index contributed by atoms with van der Waals surface area (Å²) in [6, 6.07) is 15.5. The van der Waals surface area contributed by atoms with Crippen LogP contribution in [0.5, 0.6) is 0 Å². The highest BCUT2D eigenvalue weighted by atomic mass is 16.1. The largest absolute Gasteiger partial charge is 0.350 e. The molecule has 1 N–H and O–H groups in total. The molecule has 9 nitrogen and oxygen atoms in total. The average molecular weight is 468 g/mol. The third-order valence-corrected chi connectivity index (χ3v) is 5.85. The van der Waals surface area contributed by atoms with Crippen LogP contribution in [0, 0.1) is 6.92 Å². The van der Waals surface area contributed by atoms with Gasteiger partial charge in [0.1, 0.15) is 11.7 Å². The monoisotopic (exact) mass is 467 g/mol. The van der Waals surface area contributed by atoms with Crippen molar-refractivity contribution in [2.45, 2.75) is 26.6 Å². The molecule has 35 heavy (non-hydrogen) atoms. The SMILES string of the molecule is Cc1ccc(Cn2cnc3c(cnn3CCNC(=O)c3ccc(Cn4ccnc4)cc3)c2=O)cc1. The number of carbonyl (C=O) groups excluding carboxylic acids is 1. The van der Waals surface area contributed by atoms with E-state index in [1.165, 1.54) is 11.8 Å². The van der Waals surface area contributed by atoms with Crippen molar-refractivity contribution >= 4 is 16.9 Å². The molecule has 0 aliphatic carbocycles. The van der Waals surface area contributed by atoms with Crippen LogP contribution >= 0.6 is 0 Å². The van der Waals surface area contributed by atoms with Gasteiger partial charge >= 0.3 is 0 Å². The molecule has 0 spiro atoms. The molecular weight excluding hydrogens is 442 g/mol. The Labute approximate surface area is 201 Å². The maximum absolute atomic E-state index is 12.9. The molecule has 0 bridgehead atoms. The van der Waals surface area contributed by atoms with E-state index in [0.29, 0.717) is 42.8 Å². The highest BCUT2D eigenvalue weighted by molar-refractivity contribution is 5.94. The Hall–Kier alpha value is -4.53. The van der Waals surface area contributed by atoms with Gasteiger partial charge in [-0.3, -0.25) is 14.2 Å². The highest BCUT2D eigenvalue weighted by Crippen LogP contribution is 2.09. The van der Waals surface area contributed by atoms with Crippen molar-refractivity contribution < 1.29 is 4.79 Å². The number of hydrogen-bond donors (Lipinski definition) is 1. The predicted octanol–water partition coefficient (Wildman–Crippen LogP) is 2.62. The summed E-state index contributed by atoms with van der Waals surface area (Å²) in [4.78, 5) is 33.9. The van der Waals surface area contributed by atoms with E-state index in [2.05, 4.69) is 20.4 Å². The van der Waals surface area contributed by atoms with Gasteiger partial charge in [0.15, 0.2) is 5.65 Å². The Balaban J connectivity index is 1.20. The smallest absolute Gasteiger partial charge is 0.264 e. The molecule has 176 valence electrons. The second-order valence-electron chi connectivity index (χ2n) is 8.46. The summed E-state index contributed by atoms with van der Waals surface area (Å²) >= 11 is 0. The van der Waals surface area contributed by atoms with Crippen LogP contribution in [-0.4, -0.2) is 41.3 Å². The van der Waals surface area contributed by atoms with E-state index in [-0.39, 0.29) is 11.5 Å². The number of rotatable bonds is 8. The first-order valence-electron chi connectivity index (χ1n) is 11.4. The Bertz CT molecular complexity index is 1500. The molecule has 5 rings (SSSR count). The first-order valence-corrected chi connectivity index (χ1v) is 11.4. The van der Waals surface area contributed by atoms with Gasteiger partial charge in [0.25, 0.3) is 11.5 Å². The minimum atomic E-state index is -0.163. The molecule has 0 atom stereocenters. The molecular formula is C26H25N7O2. The van der Waals surface area contributed by atoms with Gasteiger partial charge in [0.05, 0.1) is 25.6 Å². The molecule has 0 saturated heterocycles. The summed E-state index contributed by atoms with van der Waals surface area (Å²) < 4.78 is 5.19. The number of fused-ring (bicyclic) bond motifs is 1. The lowest BCUT2D eigenvalue weighted by Gasteiger charge is -2.08. The van der Waals surface area contributed by atoms with Crippen LogP contribution in [0.25, 0.3) is 11.0 Å². The van der Waals surface area contributed by atoms with E-state index in [1.54, 1.807) is 28.1 Å². The van der Waals surface area contributed by atoms with E-state index in [1.807, 2.05) is 66.2 Å². The fraction of sp³-hybridized carbons (Fsp3) is 0.192. The molecule has 0 saturated carbocycles. The topological polar surface area (TPSA) is 99.6 Å². The van der Waals surface area contributed by atoms with Crippen molar-refractivity contribution in [1.82, 2.24) is 34.2 Å². The van der Waals surface area contributed by atoms with Gasteiger partial charge in [-0.15, -0.1) is 0 Å². The molecule has 0 aliphatic heterocycles. The summed E-state index contributed by atoms with van der Waals surface area (Å²) in [5.41, 5.74) is 4.24. The van der Waals surface area contributed by atoms with Gasteiger partial charge in [-0.1, -0.05) is 42.0 Å². The first-order chi connectivity index (χ1) is 17.1. The Morgan fingerprint density at radius 1 is 0.971 bits per heavy atom. The summed E-state index contributed by atoms with van der Waals surface area (Å²) in [7, 11) is 0. The van der Waals surface area contributed by atoms with Crippen LogP contribution in [0.2, 0.25) is 0 Å². The van der Waals surface area contributed by atoms with Crippen molar-refractivity contribution in [3.63, 3.8) is 0 Å². The number of nitrogens with zero attached hydrogens (tertiary/aromatic N) is 6. The maximum atomic E-state index is 12.9. The summed E-state index contributed by atoms with van der Waals surface area (Å²) in [5, 5.41) is 7.68. The van der Waals surface area contributed by atoms with Gasteiger partial charge in [-0.2, -0.15) is 5.10 Å². The summed E-state index contributed by atoms with van der Waals surface area (Å²) in [6.45, 7) is 3.95.